The fourth-order valence-electron chi connectivity index (χ4n) is 2.69. The van der Waals surface area contributed by atoms with E-state index in [4.69, 9.17) is 0 Å². The van der Waals surface area contributed by atoms with Crippen LogP contribution >= 0.6 is 11.3 Å². The van der Waals surface area contributed by atoms with E-state index >= 15 is 0 Å². The molecule has 0 aliphatic carbocycles. The van der Waals surface area contributed by atoms with E-state index in [1.165, 1.54) is 11.3 Å². The number of fused-ring (bicyclic) bond motifs is 1. The second-order valence-electron chi connectivity index (χ2n) is 6.40. The van der Waals surface area contributed by atoms with E-state index in [0.717, 1.165) is 22.6 Å². The predicted molar refractivity (Wildman–Crippen MR) is 97.5 cm³/mol. The largest absolute Gasteiger partial charge is 0.343 e. The summed E-state index contributed by atoms with van der Waals surface area (Å²) in [7, 11) is 0. The van der Waals surface area contributed by atoms with Crippen LogP contribution in [0.3, 0.4) is 0 Å². The fraction of sp³-hybridized carbons (Fsp3) is 0.389. The zero-order valence-electron chi connectivity index (χ0n) is 14.4. The molecule has 0 aliphatic rings. The lowest BCUT2D eigenvalue weighted by molar-refractivity contribution is 0.0948. The lowest BCUT2D eigenvalue weighted by atomic mass is 10.2. The van der Waals surface area contributed by atoms with Gasteiger partial charge in [0.05, 0.1) is 23.3 Å². The molecule has 24 heavy (non-hydrogen) atoms. The van der Waals surface area contributed by atoms with Gasteiger partial charge < -0.3 is 9.88 Å². The van der Waals surface area contributed by atoms with E-state index in [9.17, 15) is 4.79 Å². The van der Waals surface area contributed by atoms with Crippen LogP contribution < -0.4 is 5.32 Å². The minimum absolute atomic E-state index is 0.144. The van der Waals surface area contributed by atoms with Crippen LogP contribution in [0.2, 0.25) is 0 Å². The molecule has 126 valence electrons. The number of amides is 1. The Bertz CT molecular complexity index is 863. The smallest absolute Gasteiger partial charge is 0.280 e. The van der Waals surface area contributed by atoms with Gasteiger partial charge >= 0.3 is 0 Å². The number of carbonyl (C=O) groups excluding carboxylic acids is 1. The second kappa shape index (κ2) is 6.73. The quantitative estimate of drug-likeness (QED) is 0.758. The highest BCUT2D eigenvalue weighted by atomic mass is 32.1. The third-order valence-corrected chi connectivity index (χ3v) is 4.76. The van der Waals surface area contributed by atoms with Gasteiger partial charge in [0.15, 0.2) is 5.01 Å². The van der Waals surface area contributed by atoms with Crippen molar-refractivity contribution in [1.82, 2.24) is 19.9 Å². The molecule has 0 radical (unpaired) electrons. The maximum Gasteiger partial charge on any atom is 0.280 e. The van der Waals surface area contributed by atoms with E-state index in [-0.39, 0.29) is 11.9 Å². The van der Waals surface area contributed by atoms with Crippen molar-refractivity contribution < 1.29 is 4.79 Å². The molecule has 1 N–H and O–H groups in total. The molecule has 2 aromatic heterocycles. The topological polar surface area (TPSA) is 59.8 Å². The molecule has 0 spiro atoms. The van der Waals surface area contributed by atoms with Crippen molar-refractivity contribution in [3.8, 4) is 0 Å². The van der Waals surface area contributed by atoms with Crippen LogP contribution in [0, 0.1) is 0 Å². The number of nitrogens with one attached hydrogen (secondary N) is 1. The molecule has 0 atom stereocenters. The van der Waals surface area contributed by atoms with Crippen LogP contribution in [0.15, 0.2) is 29.6 Å². The van der Waals surface area contributed by atoms with Gasteiger partial charge in [-0.15, -0.1) is 11.3 Å². The Balaban J connectivity index is 1.79. The van der Waals surface area contributed by atoms with Crippen LogP contribution in [-0.4, -0.2) is 20.4 Å². The molecule has 5 nitrogen and oxygen atoms in total. The van der Waals surface area contributed by atoms with Crippen LogP contribution in [0.4, 0.5) is 0 Å². The molecular weight excluding hydrogens is 320 g/mol. The minimum atomic E-state index is -0.144. The number of rotatable bonds is 5. The van der Waals surface area contributed by atoms with Gasteiger partial charge in [0.2, 0.25) is 0 Å². The molecule has 0 saturated carbocycles. The summed E-state index contributed by atoms with van der Waals surface area (Å²) in [6.07, 6.45) is 0. The highest BCUT2D eigenvalue weighted by Crippen LogP contribution is 2.21. The predicted octanol–water partition coefficient (Wildman–Crippen LogP) is 4.13. The van der Waals surface area contributed by atoms with Gasteiger partial charge in [-0.2, -0.15) is 0 Å². The van der Waals surface area contributed by atoms with Gasteiger partial charge in [0.25, 0.3) is 5.91 Å². The molecular formula is C18H22N4OS. The van der Waals surface area contributed by atoms with Gasteiger partial charge in [-0.1, -0.05) is 26.0 Å². The van der Waals surface area contributed by atoms with E-state index in [2.05, 4.69) is 53.6 Å². The number of carbonyl (C=O) groups is 1. The highest BCUT2D eigenvalue weighted by Gasteiger charge is 2.16. The van der Waals surface area contributed by atoms with Crippen LogP contribution in [0.1, 0.15) is 61.0 Å². The third kappa shape index (κ3) is 3.19. The van der Waals surface area contributed by atoms with Crippen molar-refractivity contribution in [2.45, 2.75) is 46.2 Å². The zero-order valence-corrected chi connectivity index (χ0v) is 15.2. The van der Waals surface area contributed by atoms with Crippen molar-refractivity contribution >= 4 is 28.3 Å². The zero-order chi connectivity index (χ0) is 17.3. The molecule has 0 saturated heterocycles. The number of hydrogen-bond acceptors (Lipinski definition) is 4. The Morgan fingerprint density at radius 2 is 1.96 bits per heavy atom. The number of imidazole rings is 1. The van der Waals surface area contributed by atoms with Gasteiger partial charge in [-0.05, 0) is 31.9 Å². The van der Waals surface area contributed by atoms with Crippen molar-refractivity contribution in [1.29, 1.82) is 0 Å². The first kappa shape index (κ1) is 16.6. The number of thiazole rings is 1. The molecule has 6 heteroatoms. The number of para-hydroxylation sites is 2. The summed E-state index contributed by atoms with van der Waals surface area (Å²) in [5, 5.41) is 5.40. The molecule has 1 amide bonds. The van der Waals surface area contributed by atoms with E-state index in [0.29, 0.717) is 17.5 Å². The van der Waals surface area contributed by atoms with Crippen LogP contribution in [0.25, 0.3) is 11.0 Å². The molecule has 3 aromatic rings. The Morgan fingerprint density at radius 3 is 2.62 bits per heavy atom. The summed E-state index contributed by atoms with van der Waals surface area (Å²) in [6.45, 7) is 8.77. The molecule has 2 heterocycles. The number of nitrogens with zero attached hydrogens (tertiary/aromatic N) is 3. The summed E-state index contributed by atoms with van der Waals surface area (Å²) >= 11 is 1.39. The molecule has 3 rings (SSSR count). The van der Waals surface area contributed by atoms with Gasteiger partial charge in [-0.25, -0.2) is 9.97 Å². The summed E-state index contributed by atoms with van der Waals surface area (Å²) in [6, 6.07) is 8.31. The fourth-order valence-corrected chi connectivity index (χ4v) is 3.58. The molecule has 0 bridgehead atoms. The van der Waals surface area contributed by atoms with Crippen LogP contribution in [-0.2, 0) is 6.54 Å². The summed E-state index contributed by atoms with van der Waals surface area (Å²) in [5.41, 5.74) is 3.00. The highest BCUT2D eigenvalue weighted by molar-refractivity contribution is 7.11. The third-order valence-electron chi connectivity index (χ3n) is 3.90. The van der Waals surface area contributed by atoms with Crippen molar-refractivity contribution in [2.24, 2.45) is 0 Å². The van der Waals surface area contributed by atoms with Gasteiger partial charge in [-0.3, -0.25) is 4.79 Å². The first-order valence-corrected chi connectivity index (χ1v) is 9.04. The van der Waals surface area contributed by atoms with Crippen molar-refractivity contribution in [3.63, 3.8) is 0 Å². The Kier molecular flexibility index (Phi) is 4.66. The van der Waals surface area contributed by atoms with E-state index in [1.807, 2.05) is 23.6 Å². The maximum atomic E-state index is 12.4. The normalized spacial score (nSPS) is 11.6. The van der Waals surface area contributed by atoms with Gasteiger partial charge in [0.1, 0.15) is 5.82 Å². The van der Waals surface area contributed by atoms with E-state index < -0.39 is 0 Å². The minimum Gasteiger partial charge on any atom is -0.343 e. The average Bonchev–Trinajstić information content (AvgIpc) is 3.16. The Labute approximate surface area is 145 Å². The average molecular weight is 342 g/mol. The lowest BCUT2D eigenvalue weighted by Crippen LogP contribution is -2.25. The summed E-state index contributed by atoms with van der Waals surface area (Å²) in [5.74, 6) is 1.04. The summed E-state index contributed by atoms with van der Waals surface area (Å²) < 4.78 is 2.16. The van der Waals surface area contributed by atoms with Gasteiger partial charge in [0, 0.05) is 11.4 Å². The number of hydrogen-bond donors (Lipinski definition) is 1. The summed E-state index contributed by atoms with van der Waals surface area (Å²) in [4.78, 5) is 21.4. The molecule has 0 unspecified atom stereocenters. The number of benzene rings is 1. The van der Waals surface area contributed by atoms with E-state index in [1.54, 1.807) is 0 Å². The van der Waals surface area contributed by atoms with Crippen LogP contribution in [0.5, 0.6) is 0 Å². The molecule has 1 aromatic carbocycles. The van der Waals surface area contributed by atoms with Crippen molar-refractivity contribution in [3.05, 3.63) is 46.2 Å². The standard InChI is InChI=1S/C18H22N4OS/c1-11(2)14-10-24-18(21-14)17(23)19-9-16-20-13-7-5-6-8-15(13)22(16)12(3)4/h5-8,10-12H,9H2,1-4H3,(H,19,23). The number of aromatic nitrogens is 3. The SMILES string of the molecule is CC(C)c1csc(C(=O)NCc2nc3ccccc3n2C(C)C)n1. The van der Waals surface area contributed by atoms with Crippen molar-refractivity contribution in [2.75, 3.05) is 0 Å². The molecule has 0 fully saturated rings. The Morgan fingerprint density at radius 1 is 1.21 bits per heavy atom. The maximum absolute atomic E-state index is 12.4. The lowest BCUT2D eigenvalue weighted by Gasteiger charge is -2.13. The second-order valence-corrected chi connectivity index (χ2v) is 7.25. The Hall–Kier alpha value is -2.21. The first-order valence-electron chi connectivity index (χ1n) is 8.16. The monoisotopic (exact) mass is 342 g/mol. The molecule has 0 aliphatic heterocycles. The first-order chi connectivity index (χ1) is 11.5.